The van der Waals surface area contributed by atoms with Crippen molar-refractivity contribution >= 4 is 0 Å². The second-order valence-corrected chi connectivity index (χ2v) is 0. The fraction of sp³-hybridized carbons (Fsp3) is 0. The third-order valence-corrected chi connectivity index (χ3v) is 0. The minimum atomic E-state index is 0. The van der Waals surface area contributed by atoms with Crippen molar-refractivity contribution in [3.63, 3.8) is 0 Å². The Labute approximate surface area is 1040 Å². The average Bonchev–Trinajstić information content (AvgIpc) is 0. The van der Waals surface area contributed by atoms with E-state index in [4.69, 9.17) is 0 Å². The van der Waals surface area contributed by atoms with Gasteiger partial charge < -0.3 is 7.43 Å². The van der Waals surface area contributed by atoms with Crippen molar-refractivity contribution in [3.05, 3.63) is 7.43 Å². The van der Waals surface area contributed by atoms with Gasteiger partial charge in [-0.2, -0.15) is 0 Å². The Morgan fingerprint density at radius 1 is 0.0588 bits per heavy atom. The zero-order chi connectivity index (χ0) is 0. The van der Waals surface area contributed by atoms with Gasteiger partial charge in [-0.25, -0.2) is 0 Å². The van der Waals surface area contributed by atoms with Crippen molar-refractivity contribution in [2.24, 2.45) is 0 Å². The molecule has 0 heterocycles. The van der Waals surface area contributed by atoms with Gasteiger partial charge in [0.25, 0.3) is 0 Å². The van der Waals surface area contributed by atoms with E-state index in [1.54, 1.807) is 0 Å². The Hall–Kier alpha value is 36.4. The van der Waals surface area contributed by atoms with E-state index in [1.807, 2.05) is 0 Å². The zero-order valence-electron chi connectivity index (χ0n) is 20.1. The predicted molar refractivity (Wildman–Crippen MR) is 6.41 cm³/mol. The number of hydrogen-bond donors (Lipinski definition) is 0. The van der Waals surface area contributed by atoms with E-state index < -0.39 is 0 Å². The molecular weight excluding hydrogens is 2950 g/mol. The number of rotatable bonds is 0. The largest absolute Gasteiger partial charge is 0.358 e. The molecule has 0 saturated heterocycles. The summed E-state index contributed by atoms with van der Waals surface area (Å²) in [5.74, 6) is 0. The van der Waals surface area contributed by atoms with Crippen LogP contribution in [0.5, 0.6) is 0 Å². The first-order valence-corrected chi connectivity index (χ1v) is 0. The molecule has 0 fully saturated rings. The summed E-state index contributed by atoms with van der Waals surface area (Å²) >= 11 is 0. The molecule has 0 aromatic rings. The van der Waals surface area contributed by atoms with Crippen LogP contribution in [-0.4, -0.2) is 0 Å². The van der Waals surface area contributed by atoms with Crippen molar-refractivity contribution in [1.82, 2.24) is 0 Å². The Bertz CT molecular complexity index is 6.51. The fourth-order valence-corrected chi connectivity index (χ4v) is 0. The second kappa shape index (κ2) is 245. The summed E-state index contributed by atoms with van der Waals surface area (Å²) in [6.45, 7) is 0. The standard InChI is InChI=1S/CH3.33Y/h1H3;;;;;;;;;;;;;;;;;;;;;;;;;;;;;;;;;/q-1;;;;;;;;;;;;;;;;;;;;;;;;;;;;;;;;;. The molecule has 0 nitrogen and oxygen atoms in total. The van der Waals surface area contributed by atoms with Crippen molar-refractivity contribution in [1.29, 1.82) is 0 Å². The quantitative estimate of drug-likeness (QED) is 0.309. The topological polar surface area (TPSA) is 0 Å². The zero-order valence-corrected chi connectivity index (χ0v) is 114. The molecule has 0 amide bonds. The van der Waals surface area contributed by atoms with Crippen molar-refractivity contribution < 1.29 is 1080 Å². The predicted octanol–water partition coefficient (Wildman–Crippen LogP) is 0.368. The maximum Gasteiger partial charge on any atom is 0 e. The van der Waals surface area contributed by atoms with Crippen LogP contribution < -0.4 is 0 Å². The van der Waals surface area contributed by atoms with Crippen LogP contribution in [0.4, 0.5) is 0 Å². The molecule has 33 heteroatoms. The summed E-state index contributed by atoms with van der Waals surface area (Å²) < 4.78 is 0. The van der Waals surface area contributed by atoms with Gasteiger partial charge in [0.15, 0.2) is 0 Å². The Kier molecular flexibility index (Phi) is 1840. The molecule has 33 radical (unpaired) electrons. The first-order chi connectivity index (χ1) is 0. The maximum absolute atomic E-state index is 0. The Morgan fingerprint density at radius 3 is 0.0588 bits per heavy atom. The maximum atomic E-state index is 0. The Balaban J connectivity index is 0. The van der Waals surface area contributed by atoms with Crippen LogP contribution in [0, 0.1) is 7.43 Å². The van der Waals surface area contributed by atoms with Crippen molar-refractivity contribution in [3.8, 4) is 0 Å². The van der Waals surface area contributed by atoms with Gasteiger partial charge in [-0.1, -0.05) is 0 Å². The van der Waals surface area contributed by atoms with Crippen molar-refractivity contribution in [2.75, 3.05) is 0 Å². The van der Waals surface area contributed by atoms with Crippen LogP contribution in [0.1, 0.15) is 0 Å². The minimum absolute atomic E-state index is 0. The Morgan fingerprint density at radius 2 is 0.0588 bits per heavy atom. The molecule has 107 valence electrons. The van der Waals surface area contributed by atoms with E-state index in [2.05, 4.69) is 0 Å². The molecular formula is CH3Y33-. The normalized spacial score (nSPS) is 0. The van der Waals surface area contributed by atoms with E-state index in [9.17, 15) is 0 Å². The van der Waals surface area contributed by atoms with Crippen LogP contribution in [0.25, 0.3) is 0 Å². The molecule has 0 aliphatic heterocycles. The summed E-state index contributed by atoms with van der Waals surface area (Å²) in [4.78, 5) is 0. The van der Waals surface area contributed by atoms with Crippen LogP contribution in [-0.2, 0) is 1080 Å². The van der Waals surface area contributed by atoms with Gasteiger partial charge in [0.2, 0.25) is 0 Å². The molecule has 0 aliphatic carbocycles. The molecule has 0 N–H and O–H groups in total. The molecule has 0 unspecified atom stereocenters. The van der Waals surface area contributed by atoms with E-state index >= 15 is 0 Å². The number of hydrogen-bond acceptors (Lipinski definition) is 0. The smallest absolute Gasteiger partial charge is 0 e. The summed E-state index contributed by atoms with van der Waals surface area (Å²) in [5.41, 5.74) is 0. The minimum Gasteiger partial charge on any atom is -0.358 e. The van der Waals surface area contributed by atoms with E-state index in [0.717, 1.165) is 0 Å². The average molecular weight is 2950 g/mol. The molecule has 0 aromatic carbocycles. The third-order valence-electron chi connectivity index (χ3n) is 0. The summed E-state index contributed by atoms with van der Waals surface area (Å²) in [7, 11) is 0. The molecule has 0 rings (SSSR count). The first-order valence-electron chi connectivity index (χ1n) is 0. The summed E-state index contributed by atoms with van der Waals surface area (Å²) in [5, 5.41) is 0. The van der Waals surface area contributed by atoms with E-state index in [-0.39, 0.29) is 1090 Å². The van der Waals surface area contributed by atoms with Crippen LogP contribution >= 0.6 is 0 Å². The third kappa shape index (κ3) is 234. The molecule has 0 aromatic heterocycles. The van der Waals surface area contributed by atoms with Gasteiger partial charge in [0.1, 0.15) is 0 Å². The van der Waals surface area contributed by atoms with Crippen LogP contribution in [0.2, 0.25) is 0 Å². The monoisotopic (exact) mass is 2950 g/mol. The molecule has 0 aliphatic rings. The van der Waals surface area contributed by atoms with Crippen molar-refractivity contribution in [2.45, 2.75) is 0 Å². The second-order valence-electron chi connectivity index (χ2n) is 0. The van der Waals surface area contributed by atoms with Gasteiger partial charge in [-0.05, 0) is 0 Å². The molecule has 0 spiro atoms. The van der Waals surface area contributed by atoms with E-state index in [0.29, 0.717) is 0 Å². The summed E-state index contributed by atoms with van der Waals surface area (Å²) in [6, 6.07) is 0. The summed E-state index contributed by atoms with van der Waals surface area (Å²) in [6.07, 6.45) is 0. The van der Waals surface area contributed by atoms with Crippen LogP contribution in [0.15, 0.2) is 0 Å². The fourth-order valence-electron chi connectivity index (χ4n) is 0. The molecule has 0 saturated carbocycles. The van der Waals surface area contributed by atoms with Gasteiger partial charge in [-0.15, -0.1) is 0 Å². The molecule has 0 atom stereocenters. The van der Waals surface area contributed by atoms with Gasteiger partial charge in [-0.3, -0.25) is 0 Å². The SMILES string of the molecule is [CH3-].[Y].[Y].[Y].[Y].[Y].[Y].[Y].[Y].[Y].[Y].[Y].[Y].[Y].[Y].[Y].[Y].[Y].[Y].[Y].[Y].[Y].[Y].[Y].[Y].[Y].[Y].[Y].[Y].[Y].[Y].[Y].[Y].[Y]. The molecule has 0 bridgehead atoms. The van der Waals surface area contributed by atoms with E-state index in [1.165, 1.54) is 0 Å². The molecule has 34 heavy (non-hydrogen) atoms. The van der Waals surface area contributed by atoms with Crippen LogP contribution in [0.3, 0.4) is 0 Å². The van der Waals surface area contributed by atoms with Gasteiger partial charge >= 0.3 is 0 Å². The first kappa shape index (κ1) is 256. The van der Waals surface area contributed by atoms with Gasteiger partial charge in [0, 0.05) is 1080 Å². The van der Waals surface area contributed by atoms with Gasteiger partial charge in [0.05, 0.1) is 0 Å².